The molecule has 3 N–H and O–H groups in total. The largest absolute Gasteiger partial charge is 0.370 e. The smallest absolute Gasteiger partial charge is 0.219 e. The SMILES string of the molecule is CNC1(CC(N)=O)CC(C)CC(C)C1. The van der Waals surface area contributed by atoms with Crippen LogP contribution in [0.2, 0.25) is 0 Å². The first-order valence-corrected chi connectivity index (χ1v) is 5.44. The van der Waals surface area contributed by atoms with Crippen LogP contribution in [0.3, 0.4) is 0 Å². The quantitative estimate of drug-likeness (QED) is 0.717. The highest BCUT2D eigenvalue weighted by Gasteiger charge is 2.37. The minimum atomic E-state index is -0.194. The van der Waals surface area contributed by atoms with Crippen LogP contribution in [0.15, 0.2) is 0 Å². The summed E-state index contributed by atoms with van der Waals surface area (Å²) in [5.74, 6) is 1.18. The Bertz CT molecular complexity index is 205. The maximum absolute atomic E-state index is 11.0. The molecule has 1 saturated carbocycles. The summed E-state index contributed by atoms with van der Waals surface area (Å²) in [4.78, 5) is 11.0. The van der Waals surface area contributed by atoms with E-state index in [1.54, 1.807) is 0 Å². The second kappa shape index (κ2) is 4.30. The number of hydrogen-bond donors (Lipinski definition) is 2. The summed E-state index contributed by atoms with van der Waals surface area (Å²) in [6.45, 7) is 4.51. The molecule has 3 nitrogen and oxygen atoms in total. The Balaban J connectivity index is 2.71. The zero-order valence-corrected chi connectivity index (χ0v) is 9.47. The molecule has 0 heterocycles. The van der Waals surface area contributed by atoms with Gasteiger partial charge in [0.1, 0.15) is 0 Å². The molecule has 2 unspecified atom stereocenters. The summed E-state index contributed by atoms with van der Waals surface area (Å²) >= 11 is 0. The normalized spacial score (nSPS) is 38.2. The van der Waals surface area contributed by atoms with E-state index >= 15 is 0 Å². The van der Waals surface area contributed by atoms with Crippen LogP contribution in [0.25, 0.3) is 0 Å². The summed E-state index contributed by atoms with van der Waals surface area (Å²) in [7, 11) is 1.94. The third-order valence-electron chi connectivity index (χ3n) is 3.33. The third-order valence-corrected chi connectivity index (χ3v) is 3.33. The number of nitrogens with two attached hydrogens (primary N) is 1. The van der Waals surface area contributed by atoms with Crippen LogP contribution in [0.1, 0.15) is 39.5 Å². The molecule has 0 aromatic heterocycles. The Kier molecular flexibility index (Phi) is 3.53. The van der Waals surface area contributed by atoms with Crippen LogP contribution in [0, 0.1) is 11.8 Å². The molecule has 0 spiro atoms. The lowest BCUT2D eigenvalue weighted by molar-refractivity contribution is -0.120. The van der Waals surface area contributed by atoms with Gasteiger partial charge < -0.3 is 11.1 Å². The summed E-state index contributed by atoms with van der Waals surface area (Å²) in [6.07, 6.45) is 3.87. The van der Waals surface area contributed by atoms with Gasteiger partial charge in [-0.05, 0) is 38.1 Å². The van der Waals surface area contributed by atoms with Crippen molar-refractivity contribution in [2.45, 2.75) is 45.1 Å². The summed E-state index contributed by atoms with van der Waals surface area (Å²) in [5.41, 5.74) is 5.26. The average Bonchev–Trinajstić information content (AvgIpc) is 2.00. The number of hydrogen-bond acceptors (Lipinski definition) is 2. The zero-order valence-electron chi connectivity index (χ0n) is 9.47. The lowest BCUT2D eigenvalue weighted by Crippen LogP contribution is -2.50. The van der Waals surface area contributed by atoms with Crippen molar-refractivity contribution in [3.05, 3.63) is 0 Å². The minimum absolute atomic E-state index is 0.0388. The van der Waals surface area contributed by atoms with Gasteiger partial charge in [-0.2, -0.15) is 0 Å². The van der Waals surface area contributed by atoms with Crippen LogP contribution in [0.5, 0.6) is 0 Å². The Morgan fingerprint density at radius 3 is 2.29 bits per heavy atom. The Labute approximate surface area is 86.4 Å². The molecule has 0 aliphatic heterocycles. The lowest BCUT2D eigenvalue weighted by Gasteiger charge is -2.42. The highest BCUT2D eigenvalue weighted by atomic mass is 16.1. The van der Waals surface area contributed by atoms with E-state index in [0.29, 0.717) is 18.3 Å². The molecule has 0 aromatic rings. The van der Waals surface area contributed by atoms with E-state index in [1.807, 2.05) is 7.05 Å². The van der Waals surface area contributed by atoms with E-state index in [-0.39, 0.29) is 11.4 Å². The van der Waals surface area contributed by atoms with Crippen LogP contribution < -0.4 is 11.1 Å². The van der Waals surface area contributed by atoms with Gasteiger partial charge in [0.15, 0.2) is 0 Å². The second-order valence-electron chi connectivity index (χ2n) is 5.03. The highest BCUT2D eigenvalue weighted by Crippen LogP contribution is 2.37. The molecule has 0 aromatic carbocycles. The van der Waals surface area contributed by atoms with E-state index in [9.17, 15) is 4.79 Å². The zero-order chi connectivity index (χ0) is 10.8. The molecule has 82 valence electrons. The first kappa shape index (κ1) is 11.5. The number of amides is 1. The highest BCUT2D eigenvalue weighted by molar-refractivity contribution is 5.75. The van der Waals surface area contributed by atoms with Crippen LogP contribution in [0.4, 0.5) is 0 Å². The van der Waals surface area contributed by atoms with Gasteiger partial charge in [0.05, 0.1) is 0 Å². The molecule has 14 heavy (non-hydrogen) atoms. The monoisotopic (exact) mass is 198 g/mol. The van der Waals surface area contributed by atoms with Crippen molar-refractivity contribution in [2.24, 2.45) is 17.6 Å². The molecule has 1 fully saturated rings. The first-order valence-electron chi connectivity index (χ1n) is 5.44. The van der Waals surface area contributed by atoms with E-state index in [1.165, 1.54) is 6.42 Å². The third kappa shape index (κ3) is 2.71. The van der Waals surface area contributed by atoms with Crippen LogP contribution in [-0.2, 0) is 4.79 Å². The van der Waals surface area contributed by atoms with E-state index in [4.69, 9.17) is 5.73 Å². The van der Waals surface area contributed by atoms with Gasteiger partial charge in [-0.3, -0.25) is 4.79 Å². The standard InChI is InChI=1S/C11H22N2O/c1-8-4-9(2)6-11(5-8,13-3)7-10(12)14/h8-9,13H,4-7H2,1-3H3,(H2,12,14). The molecule has 3 heteroatoms. The summed E-state index contributed by atoms with van der Waals surface area (Å²) in [5, 5.41) is 3.31. The molecule has 1 amide bonds. The Morgan fingerprint density at radius 2 is 1.93 bits per heavy atom. The Morgan fingerprint density at radius 1 is 1.43 bits per heavy atom. The lowest BCUT2D eigenvalue weighted by atomic mass is 9.70. The molecule has 1 rings (SSSR count). The molecule has 1 aliphatic rings. The average molecular weight is 198 g/mol. The van der Waals surface area contributed by atoms with Gasteiger partial charge in [0.2, 0.25) is 5.91 Å². The number of nitrogens with one attached hydrogen (secondary N) is 1. The molecule has 2 atom stereocenters. The van der Waals surface area contributed by atoms with Crippen molar-refractivity contribution < 1.29 is 4.79 Å². The van der Waals surface area contributed by atoms with Gasteiger partial charge >= 0.3 is 0 Å². The van der Waals surface area contributed by atoms with E-state index in [0.717, 1.165) is 12.8 Å². The fraction of sp³-hybridized carbons (Fsp3) is 0.909. The topological polar surface area (TPSA) is 55.1 Å². The van der Waals surface area contributed by atoms with E-state index in [2.05, 4.69) is 19.2 Å². The number of carbonyl (C=O) groups is 1. The van der Waals surface area contributed by atoms with Gasteiger partial charge in [-0.1, -0.05) is 13.8 Å². The summed E-state index contributed by atoms with van der Waals surface area (Å²) in [6, 6.07) is 0. The maximum Gasteiger partial charge on any atom is 0.219 e. The van der Waals surface area contributed by atoms with Gasteiger partial charge in [-0.25, -0.2) is 0 Å². The van der Waals surface area contributed by atoms with Gasteiger partial charge in [0, 0.05) is 12.0 Å². The molecule has 0 radical (unpaired) electrons. The van der Waals surface area contributed by atoms with Gasteiger partial charge in [0.25, 0.3) is 0 Å². The molecule has 0 bridgehead atoms. The van der Waals surface area contributed by atoms with E-state index < -0.39 is 0 Å². The van der Waals surface area contributed by atoms with Crippen molar-refractivity contribution in [3.8, 4) is 0 Å². The van der Waals surface area contributed by atoms with Crippen LogP contribution in [-0.4, -0.2) is 18.5 Å². The molecular weight excluding hydrogens is 176 g/mol. The number of rotatable bonds is 3. The maximum atomic E-state index is 11.0. The Hall–Kier alpha value is -0.570. The van der Waals surface area contributed by atoms with Crippen molar-refractivity contribution >= 4 is 5.91 Å². The first-order chi connectivity index (χ1) is 6.47. The van der Waals surface area contributed by atoms with Gasteiger partial charge in [-0.15, -0.1) is 0 Å². The minimum Gasteiger partial charge on any atom is -0.370 e. The fourth-order valence-corrected chi connectivity index (χ4v) is 3.04. The molecular formula is C11H22N2O. The second-order valence-corrected chi connectivity index (χ2v) is 5.03. The van der Waals surface area contributed by atoms with Crippen LogP contribution >= 0.6 is 0 Å². The van der Waals surface area contributed by atoms with Crippen molar-refractivity contribution in [3.63, 3.8) is 0 Å². The summed E-state index contributed by atoms with van der Waals surface area (Å²) < 4.78 is 0. The fourth-order valence-electron chi connectivity index (χ4n) is 3.04. The van der Waals surface area contributed by atoms with Crippen molar-refractivity contribution in [2.75, 3.05) is 7.05 Å². The van der Waals surface area contributed by atoms with Crippen molar-refractivity contribution in [1.82, 2.24) is 5.32 Å². The van der Waals surface area contributed by atoms with Crippen molar-refractivity contribution in [1.29, 1.82) is 0 Å². The molecule has 0 saturated heterocycles. The predicted molar refractivity (Wildman–Crippen MR) is 57.8 cm³/mol. The number of carbonyl (C=O) groups excluding carboxylic acids is 1. The number of primary amides is 1. The predicted octanol–water partition coefficient (Wildman–Crippen LogP) is 1.28. The molecule has 1 aliphatic carbocycles.